The van der Waals surface area contributed by atoms with Gasteiger partial charge in [0.2, 0.25) is 0 Å². The maximum absolute atomic E-state index is 13.8. The zero-order chi connectivity index (χ0) is 37.3. The Balaban J connectivity index is 1.34. The molecule has 1 unspecified atom stereocenters. The molecular formula is C41H45N3O8. The molecule has 1 aliphatic carbocycles. The van der Waals surface area contributed by atoms with Crippen molar-refractivity contribution in [3.05, 3.63) is 131 Å². The van der Waals surface area contributed by atoms with Crippen molar-refractivity contribution >= 4 is 24.1 Å². The number of rotatable bonds is 13. The van der Waals surface area contributed by atoms with Crippen molar-refractivity contribution in [3.63, 3.8) is 0 Å². The maximum Gasteiger partial charge on any atom is 0.419 e. The molecular weight excluding hydrogens is 662 g/mol. The number of benzene rings is 4. The molecule has 4 aromatic rings. The molecule has 11 heteroatoms. The molecule has 52 heavy (non-hydrogen) atoms. The van der Waals surface area contributed by atoms with E-state index in [0.29, 0.717) is 4.90 Å². The Morgan fingerprint density at radius 1 is 0.654 bits per heavy atom. The van der Waals surface area contributed by atoms with E-state index in [-0.39, 0.29) is 25.4 Å². The first-order chi connectivity index (χ1) is 24.9. The van der Waals surface area contributed by atoms with Crippen molar-refractivity contribution in [2.45, 2.75) is 63.3 Å². The minimum atomic E-state index is -1.34. The highest BCUT2D eigenvalue weighted by atomic mass is 16.6. The van der Waals surface area contributed by atoms with Gasteiger partial charge in [-0.05, 0) is 67.0 Å². The van der Waals surface area contributed by atoms with Crippen molar-refractivity contribution in [1.82, 2.24) is 4.90 Å². The van der Waals surface area contributed by atoms with Crippen molar-refractivity contribution in [2.24, 2.45) is 11.5 Å². The summed E-state index contributed by atoms with van der Waals surface area (Å²) in [6, 6.07) is 31.9. The number of nitrogens with two attached hydrogens (primary N) is 2. The normalized spacial score (nSPS) is 13.9. The topological polar surface area (TPSA) is 160 Å². The molecule has 0 fully saturated rings. The number of carbonyl (C=O) groups excluding carboxylic acids is 4. The van der Waals surface area contributed by atoms with Crippen molar-refractivity contribution in [1.29, 1.82) is 0 Å². The first kappa shape index (κ1) is 37.7. The third-order valence-electron chi connectivity index (χ3n) is 8.45. The standard InChI is InChI=1S/C41H45N3O8/c1-41(2,3)52-40(48)44(39(47)50-26-34-32-20-12-10-18-30(32)31-19-11-13-21-33(31)34)24-29(51-38(46)36(43)23-28-16-8-5-9-17-28)25-49-37(45)35(42)22-27-14-6-4-7-15-27/h4-21,29,34-36H,22-26,42-43H2,1-3H3/t29?,35-,36-/m1/s1. The van der Waals surface area contributed by atoms with E-state index in [1.165, 1.54) is 0 Å². The summed E-state index contributed by atoms with van der Waals surface area (Å²) in [5.74, 6) is -1.87. The second-order valence-electron chi connectivity index (χ2n) is 13.7. The van der Waals surface area contributed by atoms with Crippen LogP contribution in [0.4, 0.5) is 9.59 Å². The number of imide groups is 1. The van der Waals surface area contributed by atoms with Gasteiger partial charge in [0.1, 0.15) is 30.9 Å². The van der Waals surface area contributed by atoms with E-state index in [1.54, 1.807) is 20.8 Å². The van der Waals surface area contributed by atoms with Crippen LogP contribution in [0.1, 0.15) is 48.9 Å². The molecule has 4 aromatic carbocycles. The number of amides is 2. The monoisotopic (exact) mass is 707 g/mol. The number of carbonyl (C=O) groups is 4. The maximum atomic E-state index is 13.8. The van der Waals surface area contributed by atoms with Crippen molar-refractivity contribution < 1.29 is 38.1 Å². The summed E-state index contributed by atoms with van der Waals surface area (Å²) in [5, 5.41) is 0. The van der Waals surface area contributed by atoms with Gasteiger partial charge in [0.15, 0.2) is 6.10 Å². The van der Waals surface area contributed by atoms with E-state index in [4.69, 9.17) is 30.4 Å². The van der Waals surface area contributed by atoms with E-state index < -0.39 is 61.1 Å². The lowest BCUT2D eigenvalue weighted by Gasteiger charge is -2.29. The number of esters is 2. The summed E-state index contributed by atoms with van der Waals surface area (Å²) in [6.45, 7) is 3.78. The van der Waals surface area contributed by atoms with Crippen LogP contribution in [0, 0.1) is 0 Å². The third-order valence-corrected chi connectivity index (χ3v) is 8.45. The lowest BCUT2D eigenvalue weighted by atomic mass is 9.98. The van der Waals surface area contributed by atoms with Gasteiger partial charge in [-0.1, -0.05) is 109 Å². The van der Waals surface area contributed by atoms with Crippen LogP contribution >= 0.6 is 0 Å². The number of fused-ring (bicyclic) bond motifs is 3. The third kappa shape index (κ3) is 10.0. The zero-order valence-corrected chi connectivity index (χ0v) is 29.6. The van der Waals surface area contributed by atoms with Gasteiger partial charge in [0, 0.05) is 5.92 Å². The minimum absolute atomic E-state index is 0.0815. The first-order valence-corrected chi connectivity index (χ1v) is 17.2. The molecule has 2 amide bonds. The van der Waals surface area contributed by atoms with E-state index in [0.717, 1.165) is 33.4 Å². The Hall–Kier alpha value is -5.52. The fraction of sp³-hybridized carbons (Fsp3) is 0.317. The Morgan fingerprint density at radius 3 is 1.65 bits per heavy atom. The van der Waals surface area contributed by atoms with Gasteiger partial charge in [0.25, 0.3) is 0 Å². The first-order valence-electron chi connectivity index (χ1n) is 17.2. The molecule has 0 aromatic heterocycles. The number of ether oxygens (including phenoxy) is 4. The average molecular weight is 708 g/mol. The fourth-order valence-electron chi connectivity index (χ4n) is 5.98. The molecule has 0 saturated carbocycles. The van der Waals surface area contributed by atoms with Crippen LogP contribution in [0.2, 0.25) is 0 Å². The molecule has 0 bridgehead atoms. The molecule has 11 nitrogen and oxygen atoms in total. The van der Waals surface area contributed by atoms with Gasteiger partial charge >= 0.3 is 24.1 Å². The zero-order valence-electron chi connectivity index (χ0n) is 29.6. The van der Waals surface area contributed by atoms with Crippen LogP contribution in [0.25, 0.3) is 11.1 Å². The highest BCUT2D eigenvalue weighted by molar-refractivity contribution is 5.88. The molecule has 272 valence electrons. The van der Waals surface area contributed by atoms with Crippen LogP contribution in [0.3, 0.4) is 0 Å². The number of hydrogen-bond acceptors (Lipinski definition) is 10. The second-order valence-corrected chi connectivity index (χ2v) is 13.7. The lowest BCUT2D eigenvalue weighted by Crippen LogP contribution is -2.49. The fourth-order valence-corrected chi connectivity index (χ4v) is 5.98. The molecule has 5 rings (SSSR count). The molecule has 3 atom stereocenters. The predicted octanol–water partition coefficient (Wildman–Crippen LogP) is 5.77. The summed E-state index contributed by atoms with van der Waals surface area (Å²) >= 11 is 0. The van der Waals surface area contributed by atoms with Crippen LogP contribution in [-0.2, 0) is 41.4 Å². The highest BCUT2D eigenvalue weighted by Crippen LogP contribution is 2.44. The summed E-state index contributed by atoms with van der Waals surface area (Å²) < 4.78 is 22.6. The Morgan fingerprint density at radius 2 is 1.13 bits per heavy atom. The molecule has 0 spiro atoms. The van der Waals surface area contributed by atoms with Gasteiger partial charge in [-0.25, -0.2) is 14.5 Å². The quantitative estimate of drug-likeness (QED) is 0.129. The largest absolute Gasteiger partial charge is 0.461 e. The Bertz CT molecular complexity index is 1800. The van der Waals surface area contributed by atoms with Gasteiger partial charge in [-0.3, -0.25) is 9.59 Å². The van der Waals surface area contributed by atoms with Gasteiger partial charge in [-0.15, -0.1) is 0 Å². The molecule has 1 aliphatic rings. The molecule has 0 saturated heterocycles. The van der Waals surface area contributed by atoms with Crippen LogP contribution < -0.4 is 11.5 Å². The second kappa shape index (κ2) is 17.1. The van der Waals surface area contributed by atoms with E-state index in [1.807, 2.05) is 109 Å². The molecule has 4 N–H and O–H groups in total. The summed E-state index contributed by atoms with van der Waals surface area (Å²) in [5.41, 5.74) is 17.0. The smallest absolute Gasteiger partial charge is 0.419 e. The van der Waals surface area contributed by atoms with Crippen LogP contribution in [0.5, 0.6) is 0 Å². The minimum Gasteiger partial charge on any atom is -0.461 e. The molecule has 0 aliphatic heterocycles. The highest BCUT2D eigenvalue weighted by Gasteiger charge is 2.36. The van der Waals surface area contributed by atoms with Gasteiger partial charge in [0.05, 0.1) is 6.54 Å². The van der Waals surface area contributed by atoms with Gasteiger partial charge in [-0.2, -0.15) is 0 Å². The van der Waals surface area contributed by atoms with Crippen molar-refractivity contribution in [3.8, 4) is 11.1 Å². The Labute approximate surface area is 303 Å². The summed E-state index contributed by atoms with van der Waals surface area (Å²) in [6.07, 6.45) is -3.04. The number of nitrogens with zero attached hydrogens (tertiary/aromatic N) is 1. The van der Waals surface area contributed by atoms with Gasteiger partial charge < -0.3 is 30.4 Å². The summed E-state index contributed by atoms with van der Waals surface area (Å²) in [7, 11) is 0. The molecule has 0 radical (unpaired) electrons. The van der Waals surface area contributed by atoms with Crippen LogP contribution in [-0.4, -0.2) is 72.6 Å². The van der Waals surface area contributed by atoms with Crippen LogP contribution in [0.15, 0.2) is 109 Å². The lowest BCUT2D eigenvalue weighted by molar-refractivity contribution is -0.161. The van der Waals surface area contributed by atoms with E-state index in [9.17, 15) is 19.2 Å². The van der Waals surface area contributed by atoms with Crippen molar-refractivity contribution in [2.75, 3.05) is 19.8 Å². The predicted molar refractivity (Wildman–Crippen MR) is 195 cm³/mol. The average Bonchev–Trinajstić information content (AvgIpc) is 3.44. The van der Waals surface area contributed by atoms with E-state index in [2.05, 4.69) is 0 Å². The SMILES string of the molecule is CC(C)(C)OC(=O)N(CC(COC(=O)[C@H](N)Cc1ccccc1)OC(=O)[C@H](N)Cc1ccccc1)C(=O)OCC1c2ccccc2-c2ccccc21. The number of hydrogen-bond donors (Lipinski definition) is 2. The van der Waals surface area contributed by atoms with E-state index >= 15 is 0 Å². The molecule has 0 heterocycles. The Kier molecular flexibility index (Phi) is 12.4. The summed E-state index contributed by atoms with van der Waals surface area (Å²) in [4.78, 5) is 54.4.